The molecule has 2 aromatic carbocycles. The summed E-state index contributed by atoms with van der Waals surface area (Å²) in [4.78, 5) is 31.6. The van der Waals surface area contributed by atoms with E-state index in [4.69, 9.17) is 5.73 Å². The largest absolute Gasteiger partial charge is 0.399 e. The number of carbonyl (C=O) groups excluding carboxylic acids is 2. The molecule has 2 aliphatic rings. The summed E-state index contributed by atoms with van der Waals surface area (Å²) >= 11 is 0. The Labute approximate surface area is 176 Å². The number of nitrogens with two attached hydrogens (primary N) is 1. The van der Waals surface area contributed by atoms with Gasteiger partial charge in [-0.25, -0.2) is 4.39 Å². The molecule has 0 radical (unpaired) electrons. The van der Waals surface area contributed by atoms with Crippen molar-refractivity contribution < 1.29 is 14.0 Å². The van der Waals surface area contributed by atoms with Crippen molar-refractivity contribution in [3.8, 4) is 0 Å². The summed E-state index contributed by atoms with van der Waals surface area (Å²) in [7, 11) is 0. The predicted octanol–water partition coefficient (Wildman–Crippen LogP) is 3.00. The van der Waals surface area contributed by atoms with Crippen LogP contribution in [0, 0.1) is 5.82 Å². The first-order valence-corrected chi connectivity index (χ1v) is 10.5. The highest BCUT2D eigenvalue weighted by atomic mass is 19.1. The standard InChI is InChI=1S/C23H27FN4O2/c24-18-6-4-5-17(15-18)22(29)28-13-11-26(12-14-28)21-8-7-19(25)16-20(21)23(30)27-9-2-1-3-10-27/h4-8,15-16H,1-3,9-14,25H2. The maximum Gasteiger partial charge on any atom is 0.256 e. The minimum atomic E-state index is -0.415. The summed E-state index contributed by atoms with van der Waals surface area (Å²) in [6.07, 6.45) is 3.23. The van der Waals surface area contributed by atoms with Gasteiger partial charge in [0.2, 0.25) is 0 Å². The van der Waals surface area contributed by atoms with Crippen molar-refractivity contribution in [3.05, 3.63) is 59.4 Å². The minimum absolute atomic E-state index is 0.0234. The third-order valence-electron chi connectivity index (χ3n) is 5.87. The molecule has 2 N–H and O–H groups in total. The number of likely N-dealkylation sites (tertiary alicyclic amines) is 1. The molecule has 2 fully saturated rings. The zero-order valence-electron chi connectivity index (χ0n) is 17.0. The smallest absolute Gasteiger partial charge is 0.256 e. The second-order valence-corrected chi connectivity index (χ2v) is 7.92. The number of nitrogen functional groups attached to an aromatic ring is 1. The van der Waals surface area contributed by atoms with Crippen LogP contribution in [0.5, 0.6) is 0 Å². The maximum absolute atomic E-state index is 13.5. The fraction of sp³-hybridized carbons (Fsp3) is 0.391. The molecule has 0 spiro atoms. The van der Waals surface area contributed by atoms with E-state index in [0.29, 0.717) is 43.0 Å². The zero-order valence-corrected chi connectivity index (χ0v) is 17.0. The molecule has 7 heteroatoms. The molecule has 0 aliphatic carbocycles. The third kappa shape index (κ3) is 4.25. The normalized spacial score (nSPS) is 17.2. The van der Waals surface area contributed by atoms with Crippen molar-refractivity contribution >= 4 is 23.2 Å². The van der Waals surface area contributed by atoms with Gasteiger partial charge >= 0.3 is 0 Å². The van der Waals surface area contributed by atoms with Crippen LogP contribution in [-0.2, 0) is 0 Å². The fourth-order valence-corrected chi connectivity index (χ4v) is 4.22. The van der Waals surface area contributed by atoms with Gasteiger partial charge in [-0.2, -0.15) is 0 Å². The first-order valence-electron chi connectivity index (χ1n) is 10.5. The molecule has 0 aromatic heterocycles. The van der Waals surface area contributed by atoms with E-state index in [2.05, 4.69) is 4.90 Å². The molecule has 2 aliphatic heterocycles. The van der Waals surface area contributed by atoms with Crippen LogP contribution in [0.4, 0.5) is 15.8 Å². The lowest BCUT2D eigenvalue weighted by molar-refractivity contribution is 0.0718. The molecule has 2 heterocycles. The second kappa shape index (κ2) is 8.73. The van der Waals surface area contributed by atoms with E-state index in [1.54, 1.807) is 23.1 Å². The van der Waals surface area contributed by atoms with Crippen LogP contribution in [0.25, 0.3) is 0 Å². The van der Waals surface area contributed by atoms with Crippen LogP contribution < -0.4 is 10.6 Å². The lowest BCUT2D eigenvalue weighted by atomic mass is 10.1. The summed E-state index contributed by atoms with van der Waals surface area (Å²) < 4.78 is 13.5. The lowest BCUT2D eigenvalue weighted by Crippen LogP contribution is -2.49. The summed E-state index contributed by atoms with van der Waals surface area (Å²) in [5, 5.41) is 0. The summed E-state index contributed by atoms with van der Waals surface area (Å²) in [5.41, 5.74) is 8.40. The SMILES string of the molecule is Nc1ccc(N2CCN(C(=O)c3cccc(F)c3)CC2)c(C(=O)N2CCCCC2)c1. The van der Waals surface area contributed by atoms with Gasteiger partial charge in [0.1, 0.15) is 5.82 Å². The van der Waals surface area contributed by atoms with Crippen LogP contribution in [0.1, 0.15) is 40.0 Å². The van der Waals surface area contributed by atoms with Crippen molar-refractivity contribution in [1.29, 1.82) is 0 Å². The third-order valence-corrected chi connectivity index (χ3v) is 5.87. The first-order chi connectivity index (χ1) is 14.5. The molecule has 30 heavy (non-hydrogen) atoms. The number of hydrogen-bond acceptors (Lipinski definition) is 4. The van der Waals surface area contributed by atoms with Crippen LogP contribution in [0.3, 0.4) is 0 Å². The molecule has 2 aromatic rings. The van der Waals surface area contributed by atoms with Crippen molar-refractivity contribution in [3.63, 3.8) is 0 Å². The molecule has 0 atom stereocenters. The number of carbonyl (C=O) groups is 2. The number of halogens is 1. The van der Waals surface area contributed by atoms with Gasteiger partial charge in [-0.15, -0.1) is 0 Å². The molecule has 0 unspecified atom stereocenters. The van der Waals surface area contributed by atoms with Gasteiger partial charge in [-0.05, 0) is 55.7 Å². The van der Waals surface area contributed by atoms with E-state index in [1.165, 1.54) is 12.1 Å². The van der Waals surface area contributed by atoms with Crippen LogP contribution in [-0.4, -0.2) is 60.9 Å². The van der Waals surface area contributed by atoms with Crippen LogP contribution in [0.2, 0.25) is 0 Å². The van der Waals surface area contributed by atoms with E-state index < -0.39 is 5.82 Å². The van der Waals surface area contributed by atoms with Gasteiger partial charge in [0, 0.05) is 56.2 Å². The van der Waals surface area contributed by atoms with Gasteiger partial charge in [0.15, 0.2) is 0 Å². The van der Waals surface area contributed by atoms with E-state index in [1.807, 2.05) is 17.0 Å². The predicted molar refractivity (Wildman–Crippen MR) is 115 cm³/mol. The van der Waals surface area contributed by atoms with Gasteiger partial charge in [-0.3, -0.25) is 9.59 Å². The van der Waals surface area contributed by atoms with Crippen molar-refractivity contribution in [2.45, 2.75) is 19.3 Å². The molecule has 2 saturated heterocycles. The molecule has 0 bridgehead atoms. The monoisotopic (exact) mass is 410 g/mol. The van der Waals surface area contributed by atoms with Crippen molar-refractivity contribution in [2.75, 3.05) is 49.9 Å². The Morgan fingerprint density at radius 2 is 1.50 bits per heavy atom. The van der Waals surface area contributed by atoms with E-state index >= 15 is 0 Å². The average Bonchev–Trinajstić information content (AvgIpc) is 2.79. The molecular weight excluding hydrogens is 383 g/mol. The van der Waals surface area contributed by atoms with E-state index in [9.17, 15) is 14.0 Å². The topological polar surface area (TPSA) is 69.9 Å². The Balaban J connectivity index is 1.48. The quantitative estimate of drug-likeness (QED) is 0.790. The number of amides is 2. The average molecular weight is 410 g/mol. The molecule has 4 rings (SSSR count). The van der Waals surface area contributed by atoms with Crippen LogP contribution >= 0.6 is 0 Å². The Morgan fingerprint density at radius 3 is 2.20 bits per heavy atom. The molecule has 0 saturated carbocycles. The highest BCUT2D eigenvalue weighted by molar-refractivity contribution is 6.01. The number of benzene rings is 2. The Bertz CT molecular complexity index is 935. The summed E-state index contributed by atoms with van der Waals surface area (Å²) in [6, 6.07) is 11.2. The second-order valence-electron chi connectivity index (χ2n) is 7.92. The van der Waals surface area contributed by atoms with Gasteiger partial charge in [-0.1, -0.05) is 6.07 Å². The molecule has 6 nitrogen and oxygen atoms in total. The lowest BCUT2D eigenvalue weighted by Gasteiger charge is -2.37. The fourth-order valence-electron chi connectivity index (χ4n) is 4.22. The maximum atomic E-state index is 13.5. The number of rotatable bonds is 3. The van der Waals surface area contributed by atoms with E-state index in [-0.39, 0.29) is 11.8 Å². The Morgan fingerprint density at radius 1 is 0.800 bits per heavy atom. The number of piperidine rings is 1. The number of nitrogens with zero attached hydrogens (tertiary/aromatic N) is 3. The Hall–Kier alpha value is -3.09. The van der Waals surface area contributed by atoms with Crippen molar-refractivity contribution in [1.82, 2.24) is 9.80 Å². The molecular formula is C23H27FN4O2. The number of piperazine rings is 1. The van der Waals surface area contributed by atoms with E-state index in [0.717, 1.165) is 38.0 Å². The van der Waals surface area contributed by atoms with Crippen LogP contribution in [0.15, 0.2) is 42.5 Å². The highest BCUT2D eigenvalue weighted by Crippen LogP contribution is 2.27. The van der Waals surface area contributed by atoms with Gasteiger partial charge in [0.05, 0.1) is 5.56 Å². The Kier molecular flexibility index (Phi) is 5.88. The first kappa shape index (κ1) is 20.2. The van der Waals surface area contributed by atoms with Crippen molar-refractivity contribution in [2.24, 2.45) is 0 Å². The summed E-state index contributed by atoms with van der Waals surface area (Å²) in [6.45, 7) is 3.79. The minimum Gasteiger partial charge on any atom is -0.399 e. The number of anilines is 2. The zero-order chi connectivity index (χ0) is 21.1. The molecule has 158 valence electrons. The summed E-state index contributed by atoms with van der Waals surface area (Å²) in [5.74, 6) is -0.562. The van der Waals surface area contributed by atoms with Gasteiger partial charge < -0.3 is 20.4 Å². The highest BCUT2D eigenvalue weighted by Gasteiger charge is 2.27. The van der Waals surface area contributed by atoms with Gasteiger partial charge in [0.25, 0.3) is 11.8 Å². The molecule has 2 amide bonds. The number of hydrogen-bond donors (Lipinski definition) is 1.